The second-order valence-electron chi connectivity index (χ2n) is 8.71. The molecule has 0 aromatic heterocycles. The largest absolute Gasteiger partial charge is 0.0776 e. The minimum absolute atomic E-state index is 0. The van der Waals surface area contributed by atoms with Gasteiger partial charge in [-0.3, -0.25) is 0 Å². The molecule has 0 N–H and O–H groups in total. The Labute approximate surface area is 150 Å². The lowest BCUT2D eigenvalue weighted by atomic mass is 9.65. The Hall–Kier alpha value is 0.0649. The van der Waals surface area contributed by atoms with Crippen LogP contribution in [0.15, 0.2) is 0 Å². The molecule has 3 aliphatic carbocycles. The molecule has 3 rings (SSSR count). The molecule has 1 heteroatoms. The van der Waals surface area contributed by atoms with Crippen LogP contribution < -0.4 is 0 Å². The van der Waals surface area contributed by atoms with Crippen LogP contribution in [-0.4, -0.2) is 8.41 Å². The third-order valence-corrected chi connectivity index (χ3v) is 7.27. The lowest BCUT2D eigenvalue weighted by Crippen LogP contribution is -2.29. The molecule has 23 heavy (non-hydrogen) atoms. The molecular weight excluding hydrogens is 275 g/mol. The molecule has 0 saturated heterocycles. The maximum atomic E-state index is 2.46. The van der Waals surface area contributed by atoms with Crippen molar-refractivity contribution in [3.63, 3.8) is 0 Å². The van der Waals surface area contributed by atoms with Crippen LogP contribution in [0.5, 0.6) is 0 Å². The van der Waals surface area contributed by atoms with Crippen molar-refractivity contribution in [1.82, 2.24) is 0 Å². The fourth-order valence-electron chi connectivity index (χ4n) is 5.60. The smallest absolute Gasteiger partial charge is 0 e. The Morgan fingerprint density at radius 3 is 0.783 bits per heavy atom. The first kappa shape index (κ1) is 23.1. The molecule has 0 amide bonds. The van der Waals surface area contributed by atoms with Crippen LogP contribution in [0.1, 0.15) is 106 Å². The monoisotopic (exact) mass is 319 g/mol. The first-order valence-corrected chi connectivity index (χ1v) is 9.72. The first-order valence-electron chi connectivity index (χ1n) is 9.72. The second kappa shape index (κ2) is 10.8. The molecule has 0 aromatic carbocycles. The fraction of sp³-hybridized carbons (Fsp3) is 1.00. The van der Waals surface area contributed by atoms with Crippen molar-refractivity contribution in [3.05, 3.63) is 0 Å². The van der Waals surface area contributed by atoms with Gasteiger partial charge < -0.3 is 0 Å². The van der Waals surface area contributed by atoms with Crippen molar-refractivity contribution in [3.8, 4) is 0 Å². The molecular formula is C22H44B. The summed E-state index contributed by atoms with van der Waals surface area (Å²) in [6.07, 6.45) is 18.6. The molecule has 3 fully saturated rings. The Balaban J connectivity index is 0.00000161. The zero-order valence-corrected chi connectivity index (χ0v) is 14.5. The molecule has 135 valence electrons. The summed E-state index contributed by atoms with van der Waals surface area (Å²) in [5.74, 6) is 6.48. The van der Waals surface area contributed by atoms with E-state index in [-0.39, 0.29) is 23.3 Å². The van der Waals surface area contributed by atoms with Crippen LogP contribution in [0, 0.1) is 35.5 Å². The standard InChI is InChI=1S/C20H36.2CH4.B/c1-15-3-7-17(8-4-15)19-11-13-20(14-12-19)18-9-5-16(2)6-10-18;;;/h15-20H,3-14H2,1-2H3;2*1H4;. The van der Waals surface area contributed by atoms with Gasteiger partial charge in [-0.25, -0.2) is 0 Å². The summed E-state index contributed by atoms with van der Waals surface area (Å²) in [6.45, 7) is 4.91. The highest BCUT2D eigenvalue weighted by atomic mass is 14.4. The van der Waals surface area contributed by atoms with Gasteiger partial charge in [0.05, 0.1) is 0 Å². The summed E-state index contributed by atoms with van der Waals surface area (Å²) in [5.41, 5.74) is 0. The Morgan fingerprint density at radius 2 is 0.565 bits per heavy atom. The molecule has 0 heterocycles. The maximum Gasteiger partial charge on any atom is 0 e. The van der Waals surface area contributed by atoms with E-state index < -0.39 is 0 Å². The summed E-state index contributed by atoms with van der Waals surface area (Å²) >= 11 is 0. The molecule has 3 saturated carbocycles. The summed E-state index contributed by atoms with van der Waals surface area (Å²) < 4.78 is 0. The average Bonchev–Trinajstić information content (AvgIpc) is 2.49. The Morgan fingerprint density at radius 1 is 0.391 bits per heavy atom. The molecule has 0 nitrogen and oxygen atoms in total. The number of hydrogen-bond acceptors (Lipinski definition) is 0. The normalized spacial score (nSPS) is 41.0. The minimum Gasteiger partial charge on any atom is -0.0776 e. The first-order chi connectivity index (χ1) is 9.72. The highest BCUT2D eigenvalue weighted by Crippen LogP contribution is 2.45. The lowest BCUT2D eigenvalue weighted by Gasteiger charge is -2.41. The molecule has 0 unspecified atom stereocenters. The van der Waals surface area contributed by atoms with Crippen LogP contribution in [-0.2, 0) is 0 Å². The van der Waals surface area contributed by atoms with Gasteiger partial charge in [0.1, 0.15) is 0 Å². The van der Waals surface area contributed by atoms with E-state index in [4.69, 9.17) is 0 Å². The molecule has 3 aliphatic rings. The van der Waals surface area contributed by atoms with Crippen molar-refractivity contribution in [1.29, 1.82) is 0 Å². The van der Waals surface area contributed by atoms with Crippen molar-refractivity contribution in [2.75, 3.05) is 0 Å². The second-order valence-corrected chi connectivity index (χ2v) is 8.71. The topological polar surface area (TPSA) is 0 Å². The van der Waals surface area contributed by atoms with Gasteiger partial charge in [-0.05, 0) is 86.9 Å². The van der Waals surface area contributed by atoms with Gasteiger partial charge in [-0.2, -0.15) is 0 Å². The Kier molecular flexibility index (Phi) is 10.9. The summed E-state index contributed by atoms with van der Waals surface area (Å²) in [6, 6.07) is 0. The quantitative estimate of drug-likeness (QED) is 0.467. The van der Waals surface area contributed by atoms with Crippen LogP contribution >= 0.6 is 0 Å². The maximum absolute atomic E-state index is 2.46. The van der Waals surface area contributed by atoms with Gasteiger partial charge in [-0.1, -0.05) is 54.4 Å². The SMILES string of the molecule is C.C.CC1CCC(C2CCC(C3CCC(C)CC3)CC2)CC1.[B]. The molecule has 3 radical (unpaired) electrons. The highest BCUT2D eigenvalue weighted by Gasteiger charge is 2.33. The average molecular weight is 319 g/mol. The van der Waals surface area contributed by atoms with Crippen molar-refractivity contribution < 1.29 is 0 Å². The van der Waals surface area contributed by atoms with E-state index in [1.807, 2.05) is 0 Å². The highest BCUT2D eigenvalue weighted by molar-refractivity contribution is 5.75. The van der Waals surface area contributed by atoms with Crippen LogP contribution in [0.3, 0.4) is 0 Å². The third kappa shape index (κ3) is 6.13. The van der Waals surface area contributed by atoms with Gasteiger partial charge >= 0.3 is 0 Å². The van der Waals surface area contributed by atoms with Gasteiger partial charge in [0.25, 0.3) is 0 Å². The van der Waals surface area contributed by atoms with Crippen molar-refractivity contribution >= 4 is 8.41 Å². The summed E-state index contributed by atoms with van der Waals surface area (Å²) in [4.78, 5) is 0. The van der Waals surface area contributed by atoms with Crippen LogP contribution in [0.2, 0.25) is 0 Å². The molecule has 0 aromatic rings. The van der Waals surface area contributed by atoms with Crippen LogP contribution in [0.4, 0.5) is 0 Å². The lowest BCUT2D eigenvalue weighted by molar-refractivity contribution is 0.108. The van der Waals surface area contributed by atoms with Crippen molar-refractivity contribution in [2.45, 2.75) is 106 Å². The fourth-order valence-corrected chi connectivity index (χ4v) is 5.60. The van der Waals surface area contributed by atoms with Crippen molar-refractivity contribution in [2.24, 2.45) is 35.5 Å². The molecule has 0 bridgehead atoms. The molecule has 0 spiro atoms. The van der Waals surface area contributed by atoms with E-state index in [0.29, 0.717) is 0 Å². The zero-order valence-electron chi connectivity index (χ0n) is 14.5. The van der Waals surface area contributed by atoms with Gasteiger partial charge in [-0.15, -0.1) is 0 Å². The third-order valence-electron chi connectivity index (χ3n) is 7.27. The summed E-state index contributed by atoms with van der Waals surface area (Å²) in [5, 5.41) is 0. The molecule has 0 atom stereocenters. The predicted molar refractivity (Wildman–Crippen MR) is 107 cm³/mol. The van der Waals surface area contributed by atoms with Gasteiger partial charge in [0.2, 0.25) is 0 Å². The van der Waals surface area contributed by atoms with E-state index in [9.17, 15) is 0 Å². The summed E-state index contributed by atoms with van der Waals surface area (Å²) in [7, 11) is 0. The predicted octanol–water partition coefficient (Wildman–Crippen LogP) is 7.34. The number of hydrogen-bond donors (Lipinski definition) is 0. The van der Waals surface area contributed by atoms with Crippen LogP contribution in [0.25, 0.3) is 0 Å². The zero-order chi connectivity index (χ0) is 13.9. The Bertz CT molecular complexity index is 246. The van der Waals surface area contributed by atoms with E-state index in [1.54, 1.807) is 51.4 Å². The van der Waals surface area contributed by atoms with E-state index in [1.165, 1.54) is 25.7 Å². The van der Waals surface area contributed by atoms with E-state index in [0.717, 1.165) is 35.5 Å². The molecule has 0 aliphatic heterocycles. The van der Waals surface area contributed by atoms with Gasteiger partial charge in [0.15, 0.2) is 0 Å². The van der Waals surface area contributed by atoms with Gasteiger partial charge in [0, 0.05) is 8.41 Å². The number of rotatable bonds is 2. The van der Waals surface area contributed by atoms with E-state index >= 15 is 0 Å². The van der Waals surface area contributed by atoms with E-state index in [2.05, 4.69) is 13.8 Å². The minimum atomic E-state index is 0.